The molecular weight excluding hydrogens is 434 g/mol. The molecule has 2 N–H and O–H groups in total. The van der Waals surface area contributed by atoms with Gasteiger partial charge in [0, 0.05) is 30.8 Å². The Hall–Kier alpha value is -2.90. The lowest BCUT2D eigenvalue weighted by atomic mass is 10.1. The third-order valence-corrected chi connectivity index (χ3v) is 6.48. The van der Waals surface area contributed by atoms with Crippen molar-refractivity contribution in [3.63, 3.8) is 0 Å². The van der Waals surface area contributed by atoms with Crippen LogP contribution in [0.5, 0.6) is 5.75 Å². The molecule has 3 aromatic rings. The van der Waals surface area contributed by atoms with Crippen molar-refractivity contribution in [1.29, 1.82) is 0 Å². The molecule has 0 bridgehead atoms. The SMILES string of the molecule is CCc1ccc2[nH]c(=O)c(CN(Cc3ccc(OC)cc3)C(=S)NC[C@@H]3CCCO3)cc2c1. The van der Waals surface area contributed by atoms with Crippen LogP contribution in [0.25, 0.3) is 10.9 Å². The molecule has 4 rings (SSSR count). The number of nitrogens with one attached hydrogen (secondary N) is 2. The van der Waals surface area contributed by atoms with E-state index in [-0.39, 0.29) is 11.7 Å². The van der Waals surface area contributed by atoms with Crippen LogP contribution in [0.1, 0.15) is 36.5 Å². The third-order valence-electron chi connectivity index (χ3n) is 6.08. The van der Waals surface area contributed by atoms with Crippen molar-refractivity contribution in [2.24, 2.45) is 0 Å². The Kier molecular flexibility index (Phi) is 7.62. The number of hydrogen-bond donors (Lipinski definition) is 2. The molecule has 1 fully saturated rings. The van der Waals surface area contributed by atoms with Crippen molar-refractivity contribution in [3.8, 4) is 5.75 Å². The molecule has 1 aliphatic rings. The zero-order valence-corrected chi connectivity index (χ0v) is 20.0. The second kappa shape index (κ2) is 10.8. The number of ether oxygens (including phenoxy) is 2. The number of fused-ring (bicyclic) bond motifs is 1. The average molecular weight is 466 g/mol. The van der Waals surface area contributed by atoms with Crippen molar-refractivity contribution in [1.82, 2.24) is 15.2 Å². The molecule has 1 saturated heterocycles. The maximum absolute atomic E-state index is 12.9. The number of aryl methyl sites for hydroxylation is 1. The zero-order chi connectivity index (χ0) is 23.2. The van der Waals surface area contributed by atoms with E-state index in [2.05, 4.69) is 29.4 Å². The summed E-state index contributed by atoms with van der Waals surface area (Å²) in [6.07, 6.45) is 3.26. The van der Waals surface area contributed by atoms with Crippen LogP contribution in [0.3, 0.4) is 0 Å². The van der Waals surface area contributed by atoms with Crippen molar-refractivity contribution in [2.75, 3.05) is 20.3 Å². The number of nitrogens with zero attached hydrogens (tertiary/aromatic N) is 1. The van der Waals surface area contributed by atoms with Gasteiger partial charge >= 0.3 is 0 Å². The zero-order valence-electron chi connectivity index (χ0n) is 19.2. The summed E-state index contributed by atoms with van der Waals surface area (Å²) in [6.45, 7) is 4.59. The van der Waals surface area contributed by atoms with Crippen molar-refractivity contribution in [3.05, 3.63) is 75.6 Å². The first-order chi connectivity index (χ1) is 16.1. The molecule has 1 aromatic heterocycles. The van der Waals surface area contributed by atoms with Gasteiger partial charge in [0.25, 0.3) is 5.56 Å². The van der Waals surface area contributed by atoms with Crippen LogP contribution in [0, 0.1) is 0 Å². The smallest absolute Gasteiger partial charge is 0.253 e. The Morgan fingerprint density at radius 2 is 1.97 bits per heavy atom. The number of thiocarbonyl (C=S) groups is 1. The average Bonchev–Trinajstić information content (AvgIpc) is 3.36. The molecule has 33 heavy (non-hydrogen) atoms. The summed E-state index contributed by atoms with van der Waals surface area (Å²) >= 11 is 5.76. The monoisotopic (exact) mass is 465 g/mol. The fourth-order valence-corrected chi connectivity index (χ4v) is 4.33. The van der Waals surface area contributed by atoms with E-state index in [1.807, 2.05) is 41.3 Å². The van der Waals surface area contributed by atoms with Crippen molar-refractivity contribution >= 4 is 28.2 Å². The van der Waals surface area contributed by atoms with E-state index >= 15 is 0 Å². The van der Waals surface area contributed by atoms with Gasteiger partial charge in [0.1, 0.15) is 5.75 Å². The minimum Gasteiger partial charge on any atom is -0.497 e. The molecule has 0 unspecified atom stereocenters. The van der Waals surface area contributed by atoms with E-state index in [9.17, 15) is 4.79 Å². The largest absolute Gasteiger partial charge is 0.497 e. The Morgan fingerprint density at radius 1 is 1.18 bits per heavy atom. The Morgan fingerprint density at radius 3 is 2.67 bits per heavy atom. The van der Waals surface area contributed by atoms with Crippen molar-refractivity contribution < 1.29 is 9.47 Å². The maximum atomic E-state index is 12.9. The molecule has 1 atom stereocenters. The van der Waals surface area contributed by atoms with E-state index in [0.29, 0.717) is 30.3 Å². The van der Waals surface area contributed by atoms with E-state index in [4.69, 9.17) is 21.7 Å². The highest BCUT2D eigenvalue weighted by atomic mass is 32.1. The molecule has 1 aliphatic heterocycles. The molecule has 0 aliphatic carbocycles. The van der Waals surface area contributed by atoms with Crippen LogP contribution in [0.2, 0.25) is 0 Å². The first kappa shape index (κ1) is 23.3. The van der Waals surface area contributed by atoms with E-state index in [1.54, 1.807) is 7.11 Å². The van der Waals surface area contributed by atoms with Crippen LogP contribution < -0.4 is 15.6 Å². The lowest BCUT2D eigenvalue weighted by molar-refractivity contribution is 0.113. The van der Waals surface area contributed by atoms with Gasteiger partial charge in [0.05, 0.1) is 19.8 Å². The van der Waals surface area contributed by atoms with Crippen LogP contribution in [0.4, 0.5) is 0 Å². The fraction of sp³-hybridized carbons (Fsp3) is 0.385. The highest BCUT2D eigenvalue weighted by Crippen LogP contribution is 2.18. The van der Waals surface area contributed by atoms with Crippen LogP contribution >= 0.6 is 12.2 Å². The van der Waals surface area contributed by atoms with Gasteiger partial charge in [-0.25, -0.2) is 0 Å². The van der Waals surface area contributed by atoms with E-state index in [1.165, 1.54) is 5.56 Å². The molecular formula is C26H31N3O3S. The minimum atomic E-state index is -0.0894. The number of aromatic nitrogens is 1. The van der Waals surface area contributed by atoms with Crippen molar-refractivity contribution in [2.45, 2.75) is 45.4 Å². The second-order valence-corrected chi connectivity index (χ2v) is 8.81. The summed E-state index contributed by atoms with van der Waals surface area (Å²) in [5.74, 6) is 0.807. The van der Waals surface area contributed by atoms with Gasteiger partial charge in [0.15, 0.2) is 5.11 Å². The highest BCUT2D eigenvalue weighted by molar-refractivity contribution is 7.80. The van der Waals surface area contributed by atoms with Crippen LogP contribution in [-0.4, -0.2) is 41.4 Å². The van der Waals surface area contributed by atoms with Gasteiger partial charge in [-0.15, -0.1) is 0 Å². The summed E-state index contributed by atoms with van der Waals surface area (Å²) in [5, 5.41) is 5.01. The Labute approximate surface area is 199 Å². The lowest BCUT2D eigenvalue weighted by Crippen LogP contribution is -2.42. The summed E-state index contributed by atoms with van der Waals surface area (Å²) < 4.78 is 11.0. The first-order valence-corrected chi connectivity index (χ1v) is 11.9. The van der Waals surface area contributed by atoms with E-state index < -0.39 is 0 Å². The number of pyridine rings is 1. The number of aromatic amines is 1. The number of methoxy groups -OCH3 is 1. The predicted octanol–water partition coefficient (Wildman–Crippen LogP) is 4.15. The van der Waals surface area contributed by atoms with Gasteiger partial charge in [-0.1, -0.05) is 25.1 Å². The number of H-pyrrole nitrogens is 1. The summed E-state index contributed by atoms with van der Waals surface area (Å²) in [6, 6.07) is 16.1. The molecule has 174 valence electrons. The standard InChI is InChI=1S/C26H31N3O3S/c1-3-18-8-11-24-20(13-18)14-21(25(30)28-24)17-29(16-19-6-9-22(31-2)10-7-19)26(33)27-15-23-5-4-12-32-23/h6-11,13-14,23H,3-5,12,15-17H2,1-2H3,(H,27,33)(H,28,30)/t23-/m0/s1. The third kappa shape index (κ3) is 5.92. The number of rotatable bonds is 8. The Balaban J connectivity index is 1.57. The van der Waals surface area contributed by atoms with Gasteiger partial charge in [-0.2, -0.15) is 0 Å². The number of benzene rings is 2. The first-order valence-electron chi connectivity index (χ1n) is 11.5. The van der Waals surface area contributed by atoms with Crippen LogP contribution in [-0.2, 0) is 24.2 Å². The molecule has 2 heterocycles. The fourth-order valence-electron chi connectivity index (χ4n) is 4.11. The summed E-state index contributed by atoms with van der Waals surface area (Å²) in [7, 11) is 1.65. The van der Waals surface area contributed by atoms with Gasteiger partial charge in [-0.05, 0) is 78.3 Å². The second-order valence-electron chi connectivity index (χ2n) is 8.42. The molecule has 7 heteroatoms. The molecule has 0 amide bonds. The molecule has 0 spiro atoms. The maximum Gasteiger partial charge on any atom is 0.253 e. The van der Waals surface area contributed by atoms with Gasteiger partial charge in [-0.3, -0.25) is 4.79 Å². The van der Waals surface area contributed by atoms with E-state index in [0.717, 1.165) is 48.1 Å². The van der Waals surface area contributed by atoms with Gasteiger partial charge in [0.2, 0.25) is 0 Å². The molecule has 0 saturated carbocycles. The lowest BCUT2D eigenvalue weighted by Gasteiger charge is -2.27. The van der Waals surface area contributed by atoms with Gasteiger partial charge < -0.3 is 24.7 Å². The quantitative estimate of drug-likeness (QED) is 0.487. The Bertz CT molecular complexity index is 1150. The van der Waals surface area contributed by atoms with Crippen LogP contribution in [0.15, 0.2) is 53.3 Å². The summed E-state index contributed by atoms with van der Waals surface area (Å²) in [5.41, 5.74) is 3.77. The number of hydrogen-bond acceptors (Lipinski definition) is 4. The summed E-state index contributed by atoms with van der Waals surface area (Å²) in [4.78, 5) is 17.9. The highest BCUT2D eigenvalue weighted by Gasteiger charge is 2.18. The minimum absolute atomic E-state index is 0.0894. The molecule has 0 radical (unpaired) electrons. The molecule has 2 aromatic carbocycles. The normalized spacial score (nSPS) is 15.5. The topological polar surface area (TPSA) is 66.6 Å². The predicted molar refractivity (Wildman–Crippen MR) is 136 cm³/mol. The molecule has 6 nitrogen and oxygen atoms in total.